The van der Waals surface area contributed by atoms with E-state index < -0.39 is 0 Å². The number of fused-ring (bicyclic) bond motifs is 1. The normalized spacial score (nSPS) is 13.2. The fraction of sp³-hybridized carbons (Fsp3) is 0.231. The predicted octanol–water partition coefficient (Wildman–Crippen LogP) is 2.44. The second kappa shape index (κ2) is 4.24. The third-order valence-electron chi connectivity index (χ3n) is 2.99. The Balaban J connectivity index is 2.13. The summed E-state index contributed by atoms with van der Waals surface area (Å²) in [6.07, 6.45) is 0.906. The Hall–Kier alpha value is -1.62. The number of hydrogen-bond acceptors (Lipinski definition) is 3. The maximum Gasteiger partial charge on any atom is 0.265 e. The van der Waals surface area contributed by atoms with Gasteiger partial charge >= 0.3 is 0 Å². The van der Waals surface area contributed by atoms with Gasteiger partial charge in [-0.2, -0.15) is 0 Å². The number of ether oxygens (including phenoxy) is 1. The van der Waals surface area contributed by atoms with Crippen molar-refractivity contribution in [2.75, 3.05) is 6.61 Å². The molecule has 1 aromatic carbocycles. The van der Waals surface area contributed by atoms with Crippen LogP contribution in [0.2, 0.25) is 0 Å². The van der Waals surface area contributed by atoms with Gasteiger partial charge in [0.1, 0.15) is 16.0 Å². The van der Waals surface area contributed by atoms with Gasteiger partial charge in [0, 0.05) is 12.0 Å². The maximum absolute atomic E-state index is 11.7. The van der Waals surface area contributed by atoms with Crippen molar-refractivity contribution in [1.82, 2.24) is 9.97 Å². The summed E-state index contributed by atoms with van der Waals surface area (Å²) in [4.78, 5) is 18.9. The predicted molar refractivity (Wildman–Crippen MR) is 71.9 cm³/mol. The van der Waals surface area contributed by atoms with E-state index in [1.54, 1.807) is 6.92 Å². The van der Waals surface area contributed by atoms with Crippen LogP contribution >= 0.6 is 15.9 Å². The van der Waals surface area contributed by atoms with Crippen LogP contribution in [0.1, 0.15) is 11.3 Å². The summed E-state index contributed by atoms with van der Waals surface area (Å²) in [7, 11) is 0. The first-order valence-corrected chi connectivity index (χ1v) is 6.47. The van der Waals surface area contributed by atoms with Crippen molar-refractivity contribution in [3.8, 4) is 17.1 Å². The first-order chi connectivity index (χ1) is 8.65. The number of aromatic nitrogens is 2. The molecule has 0 bridgehead atoms. The molecule has 0 radical (unpaired) electrons. The van der Waals surface area contributed by atoms with Crippen LogP contribution in [-0.2, 0) is 6.42 Å². The van der Waals surface area contributed by atoms with Crippen molar-refractivity contribution < 1.29 is 4.74 Å². The molecule has 0 unspecified atom stereocenters. The summed E-state index contributed by atoms with van der Waals surface area (Å²) >= 11 is 3.21. The summed E-state index contributed by atoms with van der Waals surface area (Å²) in [5.41, 5.74) is 2.60. The fourth-order valence-electron chi connectivity index (χ4n) is 2.04. The van der Waals surface area contributed by atoms with Crippen molar-refractivity contribution in [2.24, 2.45) is 0 Å². The minimum atomic E-state index is -0.158. The van der Waals surface area contributed by atoms with Gasteiger partial charge in [0.05, 0.1) is 12.3 Å². The zero-order valence-corrected chi connectivity index (χ0v) is 11.4. The molecule has 0 amide bonds. The van der Waals surface area contributed by atoms with E-state index in [2.05, 4.69) is 25.9 Å². The van der Waals surface area contributed by atoms with E-state index in [0.717, 1.165) is 29.9 Å². The Morgan fingerprint density at radius 1 is 1.44 bits per heavy atom. The molecular weight excluding hydrogens is 296 g/mol. The van der Waals surface area contributed by atoms with Gasteiger partial charge in [-0.15, -0.1) is 0 Å². The molecule has 0 spiro atoms. The second-order valence-electron chi connectivity index (χ2n) is 4.23. The van der Waals surface area contributed by atoms with E-state index in [9.17, 15) is 4.79 Å². The van der Waals surface area contributed by atoms with Crippen molar-refractivity contribution >= 4 is 15.9 Å². The van der Waals surface area contributed by atoms with Crippen LogP contribution in [0.3, 0.4) is 0 Å². The Labute approximate surface area is 112 Å². The lowest BCUT2D eigenvalue weighted by atomic mass is 10.1. The lowest BCUT2D eigenvalue weighted by Crippen LogP contribution is -2.11. The molecule has 1 aromatic heterocycles. The quantitative estimate of drug-likeness (QED) is 0.880. The van der Waals surface area contributed by atoms with E-state index >= 15 is 0 Å². The van der Waals surface area contributed by atoms with Gasteiger partial charge in [0.15, 0.2) is 0 Å². The number of H-pyrrole nitrogens is 1. The average Bonchev–Trinajstić information content (AvgIpc) is 2.82. The molecular formula is C13H11BrN2O2. The van der Waals surface area contributed by atoms with E-state index in [-0.39, 0.29) is 5.56 Å². The standard InChI is InChI=1S/C13H11BrN2O2/c1-7-11(14)13(17)16-12(15-7)9-2-3-10-8(6-9)4-5-18-10/h2-3,6H,4-5H2,1H3,(H,15,16,17). The van der Waals surface area contributed by atoms with Crippen LogP contribution in [-0.4, -0.2) is 16.6 Å². The van der Waals surface area contributed by atoms with Crippen LogP contribution in [0.25, 0.3) is 11.4 Å². The molecule has 5 heteroatoms. The van der Waals surface area contributed by atoms with Gasteiger partial charge in [0.25, 0.3) is 5.56 Å². The minimum absolute atomic E-state index is 0.158. The highest BCUT2D eigenvalue weighted by atomic mass is 79.9. The van der Waals surface area contributed by atoms with Gasteiger partial charge in [-0.05, 0) is 46.6 Å². The summed E-state index contributed by atoms with van der Waals surface area (Å²) in [5, 5.41) is 0. The highest BCUT2D eigenvalue weighted by molar-refractivity contribution is 9.10. The Bertz CT molecular complexity index is 679. The molecule has 0 saturated heterocycles. The summed E-state index contributed by atoms with van der Waals surface area (Å²) in [5.74, 6) is 1.52. The van der Waals surface area contributed by atoms with Crippen LogP contribution in [0.5, 0.6) is 5.75 Å². The molecule has 2 aromatic rings. The van der Waals surface area contributed by atoms with Crippen molar-refractivity contribution in [3.05, 3.63) is 44.3 Å². The molecule has 1 aliphatic heterocycles. The van der Waals surface area contributed by atoms with Gasteiger partial charge in [0.2, 0.25) is 0 Å². The Morgan fingerprint density at radius 2 is 2.28 bits per heavy atom. The number of halogens is 1. The molecule has 2 heterocycles. The smallest absolute Gasteiger partial charge is 0.265 e. The first kappa shape index (κ1) is 11.5. The largest absolute Gasteiger partial charge is 0.493 e. The van der Waals surface area contributed by atoms with Crippen LogP contribution < -0.4 is 10.3 Å². The van der Waals surface area contributed by atoms with Crippen molar-refractivity contribution in [1.29, 1.82) is 0 Å². The van der Waals surface area contributed by atoms with Gasteiger partial charge in [-0.1, -0.05) is 0 Å². The van der Waals surface area contributed by atoms with E-state index in [1.807, 2.05) is 18.2 Å². The van der Waals surface area contributed by atoms with Crippen molar-refractivity contribution in [2.45, 2.75) is 13.3 Å². The molecule has 0 aliphatic carbocycles. The maximum atomic E-state index is 11.7. The fourth-order valence-corrected chi connectivity index (χ4v) is 2.23. The minimum Gasteiger partial charge on any atom is -0.493 e. The highest BCUT2D eigenvalue weighted by Gasteiger charge is 2.14. The Kier molecular flexibility index (Phi) is 2.70. The molecule has 0 fully saturated rings. The monoisotopic (exact) mass is 306 g/mol. The number of nitrogens with one attached hydrogen (secondary N) is 1. The zero-order valence-electron chi connectivity index (χ0n) is 9.79. The molecule has 3 rings (SSSR count). The van der Waals surface area contributed by atoms with Crippen LogP contribution in [0.15, 0.2) is 27.5 Å². The summed E-state index contributed by atoms with van der Waals surface area (Å²) < 4.78 is 5.94. The number of aryl methyl sites for hydroxylation is 1. The van der Waals surface area contributed by atoms with E-state index in [1.165, 1.54) is 0 Å². The van der Waals surface area contributed by atoms with E-state index in [0.29, 0.717) is 16.0 Å². The molecule has 18 heavy (non-hydrogen) atoms. The summed E-state index contributed by atoms with van der Waals surface area (Å²) in [6.45, 7) is 2.53. The van der Waals surface area contributed by atoms with Crippen LogP contribution in [0, 0.1) is 6.92 Å². The molecule has 0 atom stereocenters. The lowest BCUT2D eigenvalue weighted by Gasteiger charge is -2.05. The van der Waals surface area contributed by atoms with E-state index in [4.69, 9.17) is 4.74 Å². The second-order valence-corrected chi connectivity index (χ2v) is 5.03. The topological polar surface area (TPSA) is 55.0 Å². The number of aromatic amines is 1. The highest BCUT2D eigenvalue weighted by Crippen LogP contribution is 2.29. The van der Waals surface area contributed by atoms with Gasteiger partial charge in [-0.25, -0.2) is 4.98 Å². The van der Waals surface area contributed by atoms with Gasteiger partial charge in [-0.3, -0.25) is 4.79 Å². The molecule has 4 nitrogen and oxygen atoms in total. The molecule has 1 N–H and O–H groups in total. The lowest BCUT2D eigenvalue weighted by molar-refractivity contribution is 0.357. The van der Waals surface area contributed by atoms with Crippen molar-refractivity contribution in [3.63, 3.8) is 0 Å². The SMILES string of the molecule is Cc1nc(-c2ccc3c(c2)CCO3)[nH]c(=O)c1Br. The molecule has 1 aliphatic rings. The number of rotatable bonds is 1. The first-order valence-electron chi connectivity index (χ1n) is 5.67. The third-order valence-corrected chi connectivity index (χ3v) is 3.93. The number of hydrogen-bond donors (Lipinski definition) is 1. The molecule has 92 valence electrons. The summed E-state index contributed by atoms with van der Waals surface area (Å²) in [6, 6.07) is 5.86. The number of benzene rings is 1. The number of nitrogens with zero attached hydrogens (tertiary/aromatic N) is 1. The average molecular weight is 307 g/mol. The molecule has 0 saturated carbocycles. The zero-order chi connectivity index (χ0) is 12.7. The Morgan fingerprint density at radius 3 is 3.06 bits per heavy atom. The van der Waals surface area contributed by atoms with Crippen LogP contribution in [0.4, 0.5) is 0 Å². The third kappa shape index (κ3) is 1.84. The van der Waals surface area contributed by atoms with Gasteiger partial charge < -0.3 is 9.72 Å².